The van der Waals surface area contributed by atoms with Crippen molar-refractivity contribution in [3.8, 4) is 5.75 Å². The maximum absolute atomic E-state index is 12.1. The molecule has 1 aromatic carbocycles. The van der Waals surface area contributed by atoms with Crippen LogP contribution in [0.3, 0.4) is 0 Å². The van der Waals surface area contributed by atoms with Crippen LogP contribution in [-0.4, -0.2) is 19.1 Å². The molecule has 1 saturated carbocycles. The molecule has 0 unspecified atom stereocenters. The van der Waals surface area contributed by atoms with Crippen LogP contribution in [0, 0.1) is 11.8 Å². The molecule has 2 atom stereocenters. The van der Waals surface area contributed by atoms with Gasteiger partial charge in [0.15, 0.2) is 0 Å². The Labute approximate surface area is 134 Å². The standard InChI is InChI=1S/C15H20F2N2O2.ClH/c16-15(17)21-12-6-4-10(5-7-12)9-19-14(20)13-3-1-2-11(13)8-18;/h4-7,11,13,15H,1-3,8-9,18H2,(H,19,20);1H/t11-,13-;/m1./s1. The van der Waals surface area contributed by atoms with Gasteiger partial charge in [0, 0.05) is 12.5 Å². The van der Waals surface area contributed by atoms with Crippen molar-refractivity contribution in [1.82, 2.24) is 5.32 Å². The number of hydrogen-bond acceptors (Lipinski definition) is 3. The molecule has 4 nitrogen and oxygen atoms in total. The van der Waals surface area contributed by atoms with Gasteiger partial charge in [-0.3, -0.25) is 4.79 Å². The molecular weight excluding hydrogens is 314 g/mol. The van der Waals surface area contributed by atoms with Crippen molar-refractivity contribution in [1.29, 1.82) is 0 Å². The Kier molecular flexibility index (Phi) is 7.55. The quantitative estimate of drug-likeness (QED) is 0.840. The molecule has 1 aromatic rings. The van der Waals surface area contributed by atoms with Gasteiger partial charge in [0.25, 0.3) is 0 Å². The monoisotopic (exact) mass is 334 g/mol. The zero-order chi connectivity index (χ0) is 15.2. The fraction of sp³-hybridized carbons (Fsp3) is 0.533. The maximum Gasteiger partial charge on any atom is 0.387 e. The molecule has 0 aromatic heterocycles. The van der Waals surface area contributed by atoms with Crippen LogP contribution in [0.2, 0.25) is 0 Å². The number of ether oxygens (including phenoxy) is 1. The van der Waals surface area contributed by atoms with E-state index in [1.54, 1.807) is 12.1 Å². The van der Waals surface area contributed by atoms with Gasteiger partial charge in [0.05, 0.1) is 0 Å². The zero-order valence-electron chi connectivity index (χ0n) is 12.1. The van der Waals surface area contributed by atoms with Crippen LogP contribution in [-0.2, 0) is 11.3 Å². The molecular formula is C15H21ClF2N2O2. The lowest BCUT2D eigenvalue weighted by atomic mass is 9.95. The third-order valence-corrected chi connectivity index (χ3v) is 3.91. The highest BCUT2D eigenvalue weighted by atomic mass is 35.5. The summed E-state index contributed by atoms with van der Waals surface area (Å²) < 4.78 is 28.3. The predicted octanol–water partition coefficient (Wildman–Crippen LogP) is 2.70. The minimum absolute atomic E-state index is 0. The van der Waals surface area contributed by atoms with E-state index in [1.165, 1.54) is 12.1 Å². The van der Waals surface area contributed by atoms with Crippen LogP contribution in [0.4, 0.5) is 8.78 Å². The normalized spacial score (nSPS) is 20.5. The molecule has 0 saturated heterocycles. The van der Waals surface area contributed by atoms with Gasteiger partial charge in [-0.05, 0) is 43.0 Å². The SMILES string of the molecule is Cl.NC[C@H]1CCC[C@H]1C(=O)NCc1ccc(OC(F)F)cc1. The van der Waals surface area contributed by atoms with Crippen molar-refractivity contribution in [3.63, 3.8) is 0 Å². The molecule has 1 fully saturated rings. The van der Waals surface area contributed by atoms with Crippen molar-refractivity contribution in [2.24, 2.45) is 17.6 Å². The Balaban J connectivity index is 0.00000242. The van der Waals surface area contributed by atoms with E-state index in [0.717, 1.165) is 24.8 Å². The number of carbonyl (C=O) groups is 1. The van der Waals surface area contributed by atoms with Crippen molar-refractivity contribution in [2.75, 3.05) is 6.54 Å². The predicted molar refractivity (Wildman–Crippen MR) is 82.1 cm³/mol. The van der Waals surface area contributed by atoms with Crippen LogP contribution in [0.25, 0.3) is 0 Å². The summed E-state index contributed by atoms with van der Waals surface area (Å²) in [7, 11) is 0. The molecule has 124 valence electrons. The average Bonchev–Trinajstić information content (AvgIpc) is 2.94. The number of rotatable bonds is 6. The average molecular weight is 335 g/mol. The summed E-state index contributed by atoms with van der Waals surface area (Å²) in [6.45, 7) is -1.91. The fourth-order valence-corrected chi connectivity index (χ4v) is 2.77. The summed E-state index contributed by atoms with van der Waals surface area (Å²) in [6, 6.07) is 6.25. The van der Waals surface area contributed by atoms with E-state index in [1.807, 2.05) is 0 Å². The molecule has 7 heteroatoms. The Morgan fingerprint density at radius 3 is 2.59 bits per heavy atom. The first-order chi connectivity index (χ1) is 10.1. The molecule has 1 amide bonds. The highest BCUT2D eigenvalue weighted by Crippen LogP contribution is 2.31. The first kappa shape index (κ1) is 18.6. The van der Waals surface area contributed by atoms with Gasteiger partial charge >= 0.3 is 6.61 Å². The van der Waals surface area contributed by atoms with Crippen LogP contribution in [0.15, 0.2) is 24.3 Å². The van der Waals surface area contributed by atoms with E-state index < -0.39 is 6.61 Å². The summed E-state index contributed by atoms with van der Waals surface area (Å²) in [5.74, 6) is 0.401. The van der Waals surface area contributed by atoms with Crippen LogP contribution >= 0.6 is 12.4 Å². The number of hydrogen-bond donors (Lipinski definition) is 2. The molecule has 0 aliphatic heterocycles. The van der Waals surface area contributed by atoms with Gasteiger partial charge in [-0.15, -0.1) is 12.4 Å². The number of nitrogens with one attached hydrogen (secondary N) is 1. The van der Waals surface area contributed by atoms with Gasteiger partial charge in [0.2, 0.25) is 5.91 Å². The van der Waals surface area contributed by atoms with Crippen molar-refractivity contribution < 1.29 is 18.3 Å². The second-order valence-electron chi connectivity index (χ2n) is 5.27. The highest BCUT2D eigenvalue weighted by molar-refractivity contribution is 5.85. The smallest absolute Gasteiger partial charge is 0.387 e. The van der Waals surface area contributed by atoms with Gasteiger partial charge in [0.1, 0.15) is 5.75 Å². The molecule has 0 spiro atoms. The first-order valence-electron chi connectivity index (χ1n) is 7.11. The Morgan fingerprint density at radius 2 is 2.00 bits per heavy atom. The summed E-state index contributed by atoms with van der Waals surface area (Å²) >= 11 is 0. The number of amides is 1. The molecule has 22 heavy (non-hydrogen) atoms. The molecule has 0 bridgehead atoms. The van der Waals surface area contributed by atoms with Crippen molar-refractivity contribution in [2.45, 2.75) is 32.4 Å². The zero-order valence-corrected chi connectivity index (χ0v) is 13.0. The second-order valence-corrected chi connectivity index (χ2v) is 5.27. The van der Waals surface area contributed by atoms with E-state index in [0.29, 0.717) is 13.1 Å². The Morgan fingerprint density at radius 1 is 1.32 bits per heavy atom. The van der Waals surface area contributed by atoms with Gasteiger partial charge in [-0.25, -0.2) is 0 Å². The van der Waals surface area contributed by atoms with Crippen LogP contribution in [0.5, 0.6) is 5.75 Å². The van der Waals surface area contributed by atoms with Crippen LogP contribution < -0.4 is 15.8 Å². The number of nitrogens with two attached hydrogens (primary N) is 1. The topological polar surface area (TPSA) is 64.4 Å². The minimum Gasteiger partial charge on any atom is -0.435 e. The Bertz CT molecular complexity index is 471. The molecule has 1 aliphatic rings. The highest BCUT2D eigenvalue weighted by Gasteiger charge is 2.31. The van der Waals surface area contributed by atoms with E-state index >= 15 is 0 Å². The second kappa shape index (κ2) is 8.90. The molecule has 0 radical (unpaired) electrons. The summed E-state index contributed by atoms with van der Waals surface area (Å²) in [4.78, 5) is 12.1. The third-order valence-electron chi connectivity index (χ3n) is 3.91. The number of benzene rings is 1. The van der Waals surface area contributed by atoms with Crippen molar-refractivity contribution in [3.05, 3.63) is 29.8 Å². The van der Waals surface area contributed by atoms with Gasteiger partial charge in [-0.2, -0.15) is 8.78 Å². The fourth-order valence-electron chi connectivity index (χ4n) is 2.77. The summed E-state index contributed by atoms with van der Waals surface area (Å²) in [5.41, 5.74) is 6.51. The van der Waals surface area contributed by atoms with Crippen LogP contribution in [0.1, 0.15) is 24.8 Å². The van der Waals surface area contributed by atoms with E-state index in [4.69, 9.17) is 5.73 Å². The maximum atomic E-state index is 12.1. The lowest BCUT2D eigenvalue weighted by molar-refractivity contribution is -0.126. The molecule has 1 aliphatic carbocycles. The van der Waals surface area contributed by atoms with E-state index in [2.05, 4.69) is 10.1 Å². The number of carbonyl (C=O) groups excluding carboxylic acids is 1. The van der Waals surface area contributed by atoms with E-state index in [9.17, 15) is 13.6 Å². The minimum atomic E-state index is -2.83. The van der Waals surface area contributed by atoms with Gasteiger partial charge in [-0.1, -0.05) is 18.6 Å². The first-order valence-corrected chi connectivity index (χ1v) is 7.11. The molecule has 3 N–H and O–H groups in total. The lowest BCUT2D eigenvalue weighted by Crippen LogP contribution is -2.34. The summed E-state index contributed by atoms with van der Waals surface area (Å²) in [6.07, 6.45) is 2.93. The third kappa shape index (κ3) is 5.10. The number of halogens is 3. The summed E-state index contributed by atoms with van der Waals surface area (Å²) in [5, 5.41) is 2.88. The molecule has 2 rings (SSSR count). The number of alkyl halides is 2. The molecule has 0 heterocycles. The van der Waals surface area contributed by atoms with E-state index in [-0.39, 0.29) is 35.9 Å². The largest absolute Gasteiger partial charge is 0.435 e. The van der Waals surface area contributed by atoms with Crippen molar-refractivity contribution >= 4 is 18.3 Å². The lowest BCUT2D eigenvalue weighted by Gasteiger charge is -2.17. The Hall–Kier alpha value is -1.40. The van der Waals surface area contributed by atoms with Gasteiger partial charge < -0.3 is 15.8 Å².